The molecule has 0 aromatic heterocycles. The summed E-state index contributed by atoms with van der Waals surface area (Å²) in [7, 11) is 0. The first-order chi connectivity index (χ1) is 4.81. The van der Waals surface area contributed by atoms with E-state index in [1.807, 2.05) is 30.3 Å². The van der Waals surface area contributed by atoms with Gasteiger partial charge in [0, 0.05) is 4.47 Å². The van der Waals surface area contributed by atoms with Crippen LogP contribution in [0.15, 0.2) is 34.8 Å². The molecule has 0 aliphatic rings. The smallest absolute Gasteiger partial charge is 0.0765 e. The van der Waals surface area contributed by atoms with Gasteiger partial charge in [-0.05, 0) is 12.1 Å². The Balaban J connectivity index is 0.000000236. The summed E-state index contributed by atoms with van der Waals surface area (Å²) in [5, 5.41) is 5.86. The van der Waals surface area contributed by atoms with Crippen molar-refractivity contribution in [1.29, 1.82) is 5.41 Å². The third kappa shape index (κ3) is 5.31. The first kappa shape index (κ1) is 9.17. The molecule has 1 aromatic rings. The van der Waals surface area contributed by atoms with Crippen LogP contribution in [0.25, 0.3) is 0 Å². The maximum atomic E-state index is 5.86. The average molecular weight is 201 g/mol. The molecule has 0 spiro atoms. The molecule has 0 atom stereocenters. The van der Waals surface area contributed by atoms with Gasteiger partial charge in [-0.3, -0.25) is 5.41 Å². The molecule has 0 aliphatic heterocycles. The summed E-state index contributed by atoms with van der Waals surface area (Å²) in [6.45, 7) is 0. The summed E-state index contributed by atoms with van der Waals surface area (Å²) >= 11 is 3.31. The average Bonchev–Trinajstić information content (AvgIpc) is 1.91. The highest BCUT2D eigenvalue weighted by Crippen LogP contribution is 2.05. The molecule has 0 saturated heterocycles. The van der Waals surface area contributed by atoms with Crippen molar-refractivity contribution < 1.29 is 0 Å². The molecule has 0 bridgehead atoms. The van der Waals surface area contributed by atoms with E-state index in [0.717, 1.165) is 10.8 Å². The van der Waals surface area contributed by atoms with Gasteiger partial charge in [0.1, 0.15) is 0 Å². The quantitative estimate of drug-likeness (QED) is 0.489. The third-order valence-electron chi connectivity index (χ3n) is 0.733. The Morgan fingerprint density at radius 1 is 1.30 bits per heavy atom. The zero-order valence-corrected chi connectivity index (χ0v) is 7.01. The topological polar surface area (TPSA) is 49.9 Å². The minimum atomic E-state index is 0.750. The molecule has 54 valence electrons. The molecule has 1 rings (SSSR count). The van der Waals surface area contributed by atoms with E-state index < -0.39 is 0 Å². The van der Waals surface area contributed by atoms with E-state index in [2.05, 4.69) is 21.7 Å². The van der Waals surface area contributed by atoms with Gasteiger partial charge in [0.2, 0.25) is 0 Å². The van der Waals surface area contributed by atoms with Crippen LogP contribution >= 0.6 is 15.9 Å². The predicted octanol–water partition coefficient (Wildman–Crippen LogP) is 2.00. The van der Waals surface area contributed by atoms with Crippen LogP contribution < -0.4 is 5.73 Å². The van der Waals surface area contributed by atoms with Gasteiger partial charge in [0.05, 0.1) is 6.34 Å². The highest BCUT2D eigenvalue weighted by Gasteiger charge is 1.74. The minimum Gasteiger partial charge on any atom is -0.390 e. The van der Waals surface area contributed by atoms with Crippen molar-refractivity contribution in [2.75, 3.05) is 0 Å². The lowest BCUT2D eigenvalue weighted by Gasteiger charge is -1.80. The van der Waals surface area contributed by atoms with Gasteiger partial charge in [0.15, 0.2) is 0 Å². The van der Waals surface area contributed by atoms with E-state index in [4.69, 9.17) is 5.41 Å². The molecular weight excluding hydrogens is 192 g/mol. The van der Waals surface area contributed by atoms with Crippen LogP contribution in [0.3, 0.4) is 0 Å². The highest BCUT2D eigenvalue weighted by atomic mass is 79.9. The summed E-state index contributed by atoms with van der Waals surface area (Å²) < 4.78 is 1.13. The highest BCUT2D eigenvalue weighted by molar-refractivity contribution is 9.10. The second kappa shape index (κ2) is 6.29. The van der Waals surface area contributed by atoms with Gasteiger partial charge < -0.3 is 5.73 Å². The Hall–Kier alpha value is -0.830. The van der Waals surface area contributed by atoms with Gasteiger partial charge in [0.25, 0.3) is 0 Å². The van der Waals surface area contributed by atoms with E-state index in [1.165, 1.54) is 0 Å². The van der Waals surface area contributed by atoms with E-state index in [0.29, 0.717) is 0 Å². The molecule has 0 heterocycles. The molecule has 0 amide bonds. The second-order valence-electron chi connectivity index (χ2n) is 1.46. The Morgan fingerprint density at radius 3 is 1.90 bits per heavy atom. The molecular formula is C7H9BrN2. The lowest BCUT2D eigenvalue weighted by Crippen LogP contribution is -1.81. The molecule has 1 aromatic carbocycles. The standard InChI is InChI=1S/C6H5Br.CH4N2/c7-6-4-2-1-3-5-6;2-1-3/h1-5H;1H,(H3,2,3). The molecule has 3 N–H and O–H groups in total. The minimum absolute atomic E-state index is 0.750. The second-order valence-corrected chi connectivity index (χ2v) is 2.38. The Bertz CT molecular complexity index is 174. The number of hydrogen-bond acceptors (Lipinski definition) is 1. The molecule has 0 fully saturated rings. The summed E-state index contributed by atoms with van der Waals surface area (Å²) in [4.78, 5) is 0. The van der Waals surface area contributed by atoms with Crippen molar-refractivity contribution >= 4 is 22.3 Å². The van der Waals surface area contributed by atoms with E-state index in [9.17, 15) is 0 Å². The number of nitrogens with two attached hydrogens (primary N) is 1. The fraction of sp³-hybridized carbons (Fsp3) is 0. The fourth-order valence-corrected chi connectivity index (χ4v) is 0.720. The molecule has 0 aliphatic carbocycles. The lowest BCUT2D eigenvalue weighted by atomic mass is 10.4. The van der Waals surface area contributed by atoms with Crippen molar-refractivity contribution in [3.63, 3.8) is 0 Å². The maximum Gasteiger partial charge on any atom is 0.0765 e. The summed E-state index contributed by atoms with van der Waals surface area (Å²) in [6, 6.07) is 9.97. The number of benzene rings is 1. The molecule has 2 nitrogen and oxygen atoms in total. The van der Waals surface area contributed by atoms with Crippen LogP contribution in [-0.2, 0) is 0 Å². The van der Waals surface area contributed by atoms with E-state index in [1.54, 1.807) is 0 Å². The molecule has 10 heavy (non-hydrogen) atoms. The number of nitrogens with one attached hydrogen (secondary N) is 1. The summed E-state index contributed by atoms with van der Waals surface area (Å²) in [5.41, 5.74) is 4.39. The Labute approximate surface area is 68.7 Å². The normalized spacial score (nSPS) is 7.30. The first-order valence-electron chi connectivity index (χ1n) is 2.72. The molecule has 0 saturated carbocycles. The summed E-state index contributed by atoms with van der Waals surface area (Å²) in [6.07, 6.45) is 0.750. The lowest BCUT2D eigenvalue weighted by molar-refractivity contribution is 1.52. The number of hydrogen-bond donors (Lipinski definition) is 2. The largest absolute Gasteiger partial charge is 0.390 e. The number of rotatable bonds is 0. The monoisotopic (exact) mass is 200 g/mol. The zero-order valence-electron chi connectivity index (χ0n) is 5.42. The van der Waals surface area contributed by atoms with E-state index >= 15 is 0 Å². The summed E-state index contributed by atoms with van der Waals surface area (Å²) in [5.74, 6) is 0. The van der Waals surface area contributed by atoms with Gasteiger partial charge in [-0.1, -0.05) is 34.1 Å². The van der Waals surface area contributed by atoms with Crippen molar-refractivity contribution in [2.45, 2.75) is 0 Å². The number of halogens is 1. The van der Waals surface area contributed by atoms with Gasteiger partial charge in [-0.2, -0.15) is 0 Å². The van der Waals surface area contributed by atoms with Crippen molar-refractivity contribution in [3.05, 3.63) is 34.8 Å². The van der Waals surface area contributed by atoms with Crippen molar-refractivity contribution in [3.8, 4) is 0 Å². The van der Waals surface area contributed by atoms with Gasteiger partial charge in [-0.15, -0.1) is 0 Å². The van der Waals surface area contributed by atoms with Crippen LogP contribution in [0.4, 0.5) is 0 Å². The van der Waals surface area contributed by atoms with Crippen LogP contribution in [-0.4, -0.2) is 6.34 Å². The molecule has 0 unspecified atom stereocenters. The maximum absolute atomic E-state index is 5.86. The zero-order chi connectivity index (χ0) is 7.82. The Morgan fingerprint density at radius 2 is 1.70 bits per heavy atom. The Kier molecular flexibility index (Phi) is 5.77. The van der Waals surface area contributed by atoms with Crippen LogP contribution in [0.1, 0.15) is 0 Å². The molecule has 3 heteroatoms. The van der Waals surface area contributed by atoms with Crippen LogP contribution in [0.2, 0.25) is 0 Å². The fourth-order valence-electron chi connectivity index (χ4n) is 0.415. The third-order valence-corrected chi connectivity index (χ3v) is 1.26. The molecule has 0 radical (unpaired) electrons. The van der Waals surface area contributed by atoms with Crippen molar-refractivity contribution in [1.82, 2.24) is 0 Å². The first-order valence-corrected chi connectivity index (χ1v) is 3.51. The van der Waals surface area contributed by atoms with Gasteiger partial charge in [-0.25, -0.2) is 0 Å². The SMILES string of the molecule is Brc1ccccc1.N=CN. The van der Waals surface area contributed by atoms with E-state index in [-0.39, 0.29) is 0 Å². The van der Waals surface area contributed by atoms with Crippen LogP contribution in [0, 0.1) is 5.41 Å². The predicted molar refractivity (Wildman–Crippen MR) is 47.1 cm³/mol. The van der Waals surface area contributed by atoms with Gasteiger partial charge >= 0.3 is 0 Å². The van der Waals surface area contributed by atoms with Crippen molar-refractivity contribution in [2.24, 2.45) is 5.73 Å². The van der Waals surface area contributed by atoms with Crippen LogP contribution in [0.5, 0.6) is 0 Å².